The number of nitrogens with two attached hydrogens (primary N) is 1. The van der Waals surface area contributed by atoms with Crippen LogP contribution in [-0.2, 0) is 9.47 Å². The topological polar surface area (TPSA) is 44.5 Å². The Labute approximate surface area is 68.9 Å². The monoisotopic (exact) mass is 161 g/mol. The number of ether oxygens (including phenoxy) is 2. The lowest BCUT2D eigenvalue weighted by Crippen LogP contribution is -2.21. The second-order valence-electron chi connectivity index (χ2n) is 2.90. The molecule has 0 aliphatic heterocycles. The van der Waals surface area contributed by atoms with E-state index in [4.69, 9.17) is 15.2 Å². The van der Waals surface area contributed by atoms with Crippen LogP contribution in [0.1, 0.15) is 20.3 Å². The van der Waals surface area contributed by atoms with E-state index in [0.717, 1.165) is 13.0 Å². The Morgan fingerprint density at radius 1 is 1.36 bits per heavy atom. The zero-order chi connectivity index (χ0) is 8.69. The summed E-state index contributed by atoms with van der Waals surface area (Å²) in [6.45, 7) is 5.34. The van der Waals surface area contributed by atoms with Crippen LogP contribution in [-0.4, -0.2) is 32.5 Å². The Kier molecular flexibility index (Phi) is 6.51. The first kappa shape index (κ1) is 10.9. The van der Waals surface area contributed by atoms with Crippen LogP contribution in [0.5, 0.6) is 0 Å². The molecule has 0 aliphatic carbocycles. The third kappa shape index (κ3) is 7.78. The highest BCUT2D eigenvalue weighted by molar-refractivity contribution is 4.53. The van der Waals surface area contributed by atoms with Gasteiger partial charge in [-0.15, -0.1) is 0 Å². The summed E-state index contributed by atoms with van der Waals surface area (Å²) in [4.78, 5) is 0. The van der Waals surface area contributed by atoms with Crippen LogP contribution in [0.4, 0.5) is 0 Å². The first-order valence-corrected chi connectivity index (χ1v) is 4.03. The summed E-state index contributed by atoms with van der Waals surface area (Å²) in [5.74, 6) is 0. The van der Waals surface area contributed by atoms with Crippen molar-refractivity contribution >= 4 is 0 Å². The predicted octanol–water partition coefficient (Wildman–Crippen LogP) is 0.775. The molecule has 0 aromatic carbocycles. The first-order chi connectivity index (χ1) is 5.16. The first-order valence-electron chi connectivity index (χ1n) is 4.03. The van der Waals surface area contributed by atoms with Gasteiger partial charge in [0.25, 0.3) is 0 Å². The third-order valence-corrected chi connectivity index (χ3v) is 1.38. The molecule has 3 heteroatoms. The SMILES string of the molecule is COCC(C)OCCC(C)N. The molecule has 0 saturated heterocycles. The fourth-order valence-electron chi connectivity index (χ4n) is 0.738. The molecule has 0 saturated carbocycles. The van der Waals surface area contributed by atoms with Crippen LogP contribution < -0.4 is 5.73 Å². The molecule has 0 fully saturated rings. The molecule has 0 amide bonds. The summed E-state index contributed by atoms with van der Waals surface area (Å²) in [6.07, 6.45) is 1.09. The van der Waals surface area contributed by atoms with Crippen LogP contribution in [0.2, 0.25) is 0 Å². The molecule has 0 aliphatic rings. The standard InChI is InChI=1S/C8H19NO2/c1-7(9)4-5-11-8(2)6-10-3/h7-8H,4-6,9H2,1-3H3. The van der Waals surface area contributed by atoms with Gasteiger partial charge >= 0.3 is 0 Å². The minimum Gasteiger partial charge on any atom is -0.382 e. The largest absolute Gasteiger partial charge is 0.382 e. The maximum Gasteiger partial charge on any atom is 0.0780 e. The maximum atomic E-state index is 5.54. The summed E-state index contributed by atoms with van der Waals surface area (Å²) in [7, 11) is 1.67. The molecule has 2 unspecified atom stereocenters. The van der Waals surface area contributed by atoms with E-state index in [1.54, 1.807) is 7.11 Å². The molecule has 0 bridgehead atoms. The minimum atomic E-state index is 0.179. The second-order valence-corrected chi connectivity index (χ2v) is 2.90. The quantitative estimate of drug-likeness (QED) is 0.626. The minimum absolute atomic E-state index is 0.179. The molecule has 0 aromatic heterocycles. The molecule has 11 heavy (non-hydrogen) atoms. The summed E-state index contributed by atoms with van der Waals surface area (Å²) >= 11 is 0. The zero-order valence-corrected chi connectivity index (χ0v) is 7.67. The molecular formula is C8H19NO2. The van der Waals surface area contributed by atoms with Gasteiger partial charge in [-0.3, -0.25) is 0 Å². The average Bonchev–Trinajstić information content (AvgIpc) is 1.87. The van der Waals surface area contributed by atoms with Crippen molar-refractivity contribution in [1.82, 2.24) is 0 Å². The molecular weight excluding hydrogens is 142 g/mol. The van der Waals surface area contributed by atoms with Crippen molar-refractivity contribution in [3.63, 3.8) is 0 Å². The summed E-state index contributed by atoms with van der Waals surface area (Å²) in [5, 5.41) is 0. The smallest absolute Gasteiger partial charge is 0.0780 e. The Morgan fingerprint density at radius 2 is 2.00 bits per heavy atom. The van der Waals surface area contributed by atoms with Gasteiger partial charge in [-0.25, -0.2) is 0 Å². The van der Waals surface area contributed by atoms with Gasteiger partial charge in [0.2, 0.25) is 0 Å². The van der Waals surface area contributed by atoms with Crippen molar-refractivity contribution in [3.05, 3.63) is 0 Å². The normalized spacial score (nSPS) is 16.4. The average molecular weight is 161 g/mol. The molecule has 0 aromatic rings. The van der Waals surface area contributed by atoms with Crippen molar-refractivity contribution < 1.29 is 9.47 Å². The molecule has 68 valence electrons. The zero-order valence-electron chi connectivity index (χ0n) is 7.67. The lowest BCUT2D eigenvalue weighted by atomic mass is 10.3. The van der Waals surface area contributed by atoms with E-state index in [2.05, 4.69) is 0 Å². The highest BCUT2D eigenvalue weighted by Crippen LogP contribution is 1.94. The second kappa shape index (κ2) is 6.58. The van der Waals surface area contributed by atoms with E-state index in [1.165, 1.54) is 0 Å². The molecule has 0 radical (unpaired) electrons. The van der Waals surface area contributed by atoms with Crippen LogP contribution in [0.3, 0.4) is 0 Å². The van der Waals surface area contributed by atoms with Crippen molar-refractivity contribution in [1.29, 1.82) is 0 Å². The molecule has 0 spiro atoms. The van der Waals surface area contributed by atoms with E-state index in [9.17, 15) is 0 Å². The van der Waals surface area contributed by atoms with Crippen molar-refractivity contribution in [2.24, 2.45) is 5.73 Å². The van der Waals surface area contributed by atoms with Gasteiger partial charge in [0.05, 0.1) is 12.7 Å². The summed E-state index contributed by atoms with van der Waals surface area (Å²) in [5.41, 5.74) is 5.54. The Morgan fingerprint density at radius 3 is 2.45 bits per heavy atom. The Balaban J connectivity index is 3.10. The molecule has 2 N–H and O–H groups in total. The summed E-state index contributed by atoms with van der Waals surface area (Å²) < 4.78 is 10.3. The maximum absolute atomic E-state index is 5.54. The molecule has 2 atom stereocenters. The Bertz CT molecular complexity index is 86.2. The van der Waals surface area contributed by atoms with Crippen LogP contribution in [0.15, 0.2) is 0 Å². The van der Waals surface area contributed by atoms with Crippen LogP contribution in [0.25, 0.3) is 0 Å². The predicted molar refractivity (Wildman–Crippen MR) is 45.6 cm³/mol. The van der Waals surface area contributed by atoms with Gasteiger partial charge in [0.1, 0.15) is 0 Å². The van der Waals surface area contributed by atoms with Gasteiger partial charge < -0.3 is 15.2 Å². The number of hydrogen-bond donors (Lipinski definition) is 1. The van der Waals surface area contributed by atoms with Crippen molar-refractivity contribution in [2.45, 2.75) is 32.4 Å². The summed E-state index contributed by atoms with van der Waals surface area (Å²) in [6, 6.07) is 0.227. The fraction of sp³-hybridized carbons (Fsp3) is 1.00. The van der Waals surface area contributed by atoms with E-state index in [-0.39, 0.29) is 12.1 Å². The molecule has 0 heterocycles. The molecule has 0 rings (SSSR count). The third-order valence-electron chi connectivity index (χ3n) is 1.38. The van der Waals surface area contributed by atoms with Gasteiger partial charge in [-0.2, -0.15) is 0 Å². The lowest BCUT2D eigenvalue weighted by molar-refractivity contribution is 0.00701. The highest BCUT2D eigenvalue weighted by Gasteiger charge is 2.01. The number of hydrogen-bond acceptors (Lipinski definition) is 3. The van der Waals surface area contributed by atoms with Gasteiger partial charge in [0, 0.05) is 19.8 Å². The van der Waals surface area contributed by atoms with Crippen molar-refractivity contribution in [3.8, 4) is 0 Å². The van der Waals surface area contributed by atoms with E-state index in [0.29, 0.717) is 6.61 Å². The van der Waals surface area contributed by atoms with Gasteiger partial charge in [-0.1, -0.05) is 0 Å². The van der Waals surface area contributed by atoms with Crippen molar-refractivity contribution in [2.75, 3.05) is 20.3 Å². The molecule has 3 nitrogen and oxygen atoms in total. The van der Waals surface area contributed by atoms with Gasteiger partial charge in [0.15, 0.2) is 0 Å². The van der Waals surface area contributed by atoms with Crippen LogP contribution in [0, 0.1) is 0 Å². The number of rotatable bonds is 6. The van der Waals surface area contributed by atoms with Gasteiger partial charge in [-0.05, 0) is 20.3 Å². The van der Waals surface area contributed by atoms with E-state index >= 15 is 0 Å². The van der Waals surface area contributed by atoms with E-state index in [1.807, 2.05) is 13.8 Å². The lowest BCUT2D eigenvalue weighted by Gasteiger charge is -2.12. The highest BCUT2D eigenvalue weighted by atomic mass is 16.5. The van der Waals surface area contributed by atoms with E-state index < -0.39 is 0 Å². The Hall–Kier alpha value is -0.120. The fourth-order valence-corrected chi connectivity index (χ4v) is 0.738. The number of methoxy groups -OCH3 is 1. The van der Waals surface area contributed by atoms with Crippen LogP contribution >= 0.6 is 0 Å².